The minimum Gasteiger partial charge on any atom is -0.440 e. The molecule has 1 aromatic carbocycles. The lowest BCUT2D eigenvalue weighted by Gasteiger charge is -2.25. The maximum Gasteiger partial charge on any atom is 0.343 e. The van der Waals surface area contributed by atoms with Gasteiger partial charge in [-0.25, -0.2) is 4.79 Å². The SMILES string of the molecule is CCCc1cc2c(c(=O)o1)C(c1ccc([N+](=O)[O-])cc1)C(C#N)=C(N)O2. The number of aryl methyl sites for hydroxylation is 1. The molecular formula is C18H15N3O5. The molecule has 0 spiro atoms. The number of hydrogen-bond donors (Lipinski definition) is 1. The van der Waals surface area contributed by atoms with E-state index >= 15 is 0 Å². The van der Waals surface area contributed by atoms with Crippen LogP contribution < -0.4 is 16.1 Å². The van der Waals surface area contributed by atoms with E-state index < -0.39 is 16.5 Å². The molecule has 1 atom stereocenters. The molecule has 3 rings (SSSR count). The molecule has 8 heteroatoms. The highest BCUT2D eigenvalue weighted by Crippen LogP contribution is 2.40. The van der Waals surface area contributed by atoms with Gasteiger partial charge in [0, 0.05) is 24.6 Å². The lowest BCUT2D eigenvalue weighted by atomic mass is 9.84. The molecule has 1 aliphatic rings. The number of allylic oxidation sites excluding steroid dienone is 1. The maximum atomic E-state index is 12.6. The Hall–Kier alpha value is -3.60. The van der Waals surface area contributed by atoms with Crippen molar-refractivity contribution in [3.8, 4) is 11.8 Å². The van der Waals surface area contributed by atoms with Gasteiger partial charge in [-0.05, 0) is 12.0 Å². The Morgan fingerprint density at radius 1 is 1.35 bits per heavy atom. The van der Waals surface area contributed by atoms with E-state index in [1.807, 2.05) is 13.0 Å². The van der Waals surface area contributed by atoms with Crippen LogP contribution in [0.2, 0.25) is 0 Å². The highest BCUT2D eigenvalue weighted by atomic mass is 16.6. The van der Waals surface area contributed by atoms with Gasteiger partial charge in [0.25, 0.3) is 5.69 Å². The second-order valence-corrected chi connectivity index (χ2v) is 5.80. The van der Waals surface area contributed by atoms with E-state index in [9.17, 15) is 20.2 Å². The van der Waals surface area contributed by atoms with Gasteiger partial charge >= 0.3 is 5.63 Å². The summed E-state index contributed by atoms with van der Waals surface area (Å²) in [5, 5.41) is 20.3. The Kier molecular flexibility index (Phi) is 4.45. The second-order valence-electron chi connectivity index (χ2n) is 5.80. The number of ether oxygens (including phenoxy) is 1. The molecule has 1 aromatic heterocycles. The smallest absolute Gasteiger partial charge is 0.343 e. The van der Waals surface area contributed by atoms with Crippen molar-refractivity contribution in [2.45, 2.75) is 25.7 Å². The highest BCUT2D eigenvalue weighted by molar-refractivity contribution is 5.55. The van der Waals surface area contributed by atoms with Crippen molar-refractivity contribution < 1.29 is 14.1 Å². The first-order valence-electron chi connectivity index (χ1n) is 7.95. The first-order valence-corrected chi connectivity index (χ1v) is 7.95. The van der Waals surface area contributed by atoms with Gasteiger partial charge in [-0.2, -0.15) is 5.26 Å². The minimum atomic E-state index is -0.809. The van der Waals surface area contributed by atoms with E-state index in [4.69, 9.17) is 14.9 Å². The highest BCUT2D eigenvalue weighted by Gasteiger charge is 2.34. The van der Waals surface area contributed by atoms with Crippen LogP contribution in [0.25, 0.3) is 0 Å². The molecule has 1 unspecified atom stereocenters. The standard InChI is InChI=1S/C18H15N3O5/c1-2-3-12-8-14-16(18(22)25-12)15(13(9-19)17(20)26-14)10-4-6-11(7-5-10)21(23)24/h4-8,15H,2-3,20H2,1H3. The summed E-state index contributed by atoms with van der Waals surface area (Å²) < 4.78 is 10.8. The fourth-order valence-corrected chi connectivity index (χ4v) is 2.94. The fourth-order valence-electron chi connectivity index (χ4n) is 2.94. The van der Waals surface area contributed by atoms with Crippen LogP contribution in [-0.4, -0.2) is 4.92 Å². The van der Waals surface area contributed by atoms with E-state index in [0.717, 1.165) is 6.42 Å². The Labute approximate surface area is 148 Å². The largest absolute Gasteiger partial charge is 0.440 e. The Morgan fingerprint density at radius 2 is 2.04 bits per heavy atom. The summed E-state index contributed by atoms with van der Waals surface area (Å²) in [4.78, 5) is 22.9. The average Bonchev–Trinajstić information content (AvgIpc) is 2.61. The molecule has 1 aliphatic heterocycles. The molecule has 2 N–H and O–H groups in total. The molecule has 0 radical (unpaired) electrons. The summed E-state index contributed by atoms with van der Waals surface area (Å²) in [5.41, 5.74) is 5.89. The van der Waals surface area contributed by atoms with Gasteiger partial charge in [-0.1, -0.05) is 19.1 Å². The minimum absolute atomic E-state index is 0.0573. The summed E-state index contributed by atoms with van der Waals surface area (Å²) in [7, 11) is 0. The number of hydrogen-bond acceptors (Lipinski definition) is 7. The molecule has 2 aromatic rings. The lowest BCUT2D eigenvalue weighted by Crippen LogP contribution is -2.26. The molecule has 26 heavy (non-hydrogen) atoms. The number of fused-ring (bicyclic) bond motifs is 1. The Bertz CT molecular complexity index is 999. The van der Waals surface area contributed by atoms with Crippen LogP contribution in [0.3, 0.4) is 0 Å². The summed E-state index contributed by atoms with van der Waals surface area (Å²) in [5.74, 6) is -0.204. The molecule has 0 bridgehead atoms. The van der Waals surface area contributed by atoms with Crippen molar-refractivity contribution in [3.63, 3.8) is 0 Å². The normalized spacial score (nSPS) is 15.8. The first kappa shape index (κ1) is 17.2. The van der Waals surface area contributed by atoms with Gasteiger partial charge < -0.3 is 14.9 Å². The Morgan fingerprint density at radius 3 is 2.62 bits per heavy atom. The van der Waals surface area contributed by atoms with E-state index in [-0.39, 0.29) is 28.5 Å². The summed E-state index contributed by atoms with van der Waals surface area (Å²) in [6, 6.07) is 9.15. The molecule has 0 saturated heterocycles. The molecule has 2 heterocycles. The topological polar surface area (TPSA) is 132 Å². The molecule has 0 saturated carbocycles. The predicted molar refractivity (Wildman–Crippen MR) is 91.4 cm³/mol. The number of benzene rings is 1. The predicted octanol–water partition coefficient (Wildman–Crippen LogP) is 2.72. The average molecular weight is 353 g/mol. The van der Waals surface area contributed by atoms with Gasteiger partial charge in [-0.15, -0.1) is 0 Å². The molecular weight excluding hydrogens is 338 g/mol. The van der Waals surface area contributed by atoms with Crippen molar-refractivity contribution >= 4 is 5.69 Å². The van der Waals surface area contributed by atoms with Crippen LogP contribution >= 0.6 is 0 Å². The third kappa shape index (κ3) is 2.91. The zero-order valence-electron chi connectivity index (χ0n) is 13.9. The summed E-state index contributed by atoms with van der Waals surface area (Å²) in [6.07, 6.45) is 1.34. The van der Waals surface area contributed by atoms with Crippen LogP contribution in [0.4, 0.5) is 5.69 Å². The number of nitro groups is 1. The van der Waals surface area contributed by atoms with Crippen LogP contribution in [0, 0.1) is 21.4 Å². The number of non-ortho nitro benzene ring substituents is 1. The number of rotatable bonds is 4. The molecule has 0 amide bonds. The van der Waals surface area contributed by atoms with Gasteiger partial charge in [-0.3, -0.25) is 10.1 Å². The maximum absolute atomic E-state index is 12.6. The first-order chi connectivity index (χ1) is 12.5. The van der Waals surface area contributed by atoms with Crippen LogP contribution in [0.1, 0.15) is 36.1 Å². The van der Waals surface area contributed by atoms with Crippen molar-refractivity contribution in [1.82, 2.24) is 0 Å². The monoisotopic (exact) mass is 353 g/mol. The summed E-state index contributed by atoms with van der Waals surface area (Å²) in [6.45, 7) is 1.95. The van der Waals surface area contributed by atoms with Crippen LogP contribution in [-0.2, 0) is 6.42 Å². The van der Waals surface area contributed by atoms with Crippen molar-refractivity contribution in [2.24, 2.45) is 5.73 Å². The molecule has 0 aliphatic carbocycles. The zero-order chi connectivity index (χ0) is 18.8. The van der Waals surface area contributed by atoms with Gasteiger partial charge in [0.2, 0.25) is 5.88 Å². The van der Waals surface area contributed by atoms with Crippen LogP contribution in [0.5, 0.6) is 5.75 Å². The number of nitro benzene ring substituents is 1. The Balaban J connectivity index is 2.19. The van der Waals surface area contributed by atoms with Gasteiger partial charge in [0.05, 0.1) is 16.4 Å². The lowest BCUT2D eigenvalue weighted by molar-refractivity contribution is -0.384. The van der Waals surface area contributed by atoms with E-state index in [2.05, 4.69) is 0 Å². The van der Waals surface area contributed by atoms with Crippen LogP contribution in [0.15, 0.2) is 51.0 Å². The fraction of sp³-hybridized carbons (Fsp3) is 0.222. The summed E-state index contributed by atoms with van der Waals surface area (Å²) >= 11 is 0. The van der Waals surface area contributed by atoms with Gasteiger partial charge in [0.1, 0.15) is 23.2 Å². The number of nitrogens with zero attached hydrogens (tertiary/aromatic N) is 2. The zero-order valence-corrected chi connectivity index (χ0v) is 13.9. The van der Waals surface area contributed by atoms with Crippen molar-refractivity contribution in [3.05, 3.63) is 79.2 Å². The number of nitrogens with two attached hydrogens (primary N) is 1. The molecule has 132 valence electrons. The molecule has 0 fully saturated rings. The molecule has 8 nitrogen and oxygen atoms in total. The van der Waals surface area contributed by atoms with Gasteiger partial charge in [0.15, 0.2) is 0 Å². The third-order valence-electron chi connectivity index (χ3n) is 4.12. The van der Waals surface area contributed by atoms with E-state index in [1.165, 1.54) is 24.3 Å². The quantitative estimate of drug-likeness (QED) is 0.660. The van der Waals surface area contributed by atoms with Crippen molar-refractivity contribution in [2.75, 3.05) is 0 Å². The number of nitriles is 1. The third-order valence-corrected chi connectivity index (χ3v) is 4.12. The second kappa shape index (κ2) is 6.72. The van der Waals surface area contributed by atoms with E-state index in [0.29, 0.717) is 17.7 Å². The van der Waals surface area contributed by atoms with Crippen molar-refractivity contribution in [1.29, 1.82) is 5.26 Å². The van der Waals surface area contributed by atoms with E-state index in [1.54, 1.807) is 6.07 Å².